The maximum Gasteiger partial charge on any atom is 0.314 e. The zero-order chi connectivity index (χ0) is 39.8. The highest BCUT2D eigenvalue weighted by Crippen LogP contribution is 2.50. The first-order chi connectivity index (χ1) is 26.0. The van der Waals surface area contributed by atoms with Crippen molar-refractivity contribution in [2.24, 2.45) is 10.8 Å². The first kappa shape index (κ1) is 41.9. The predicted molar refractivity (Wildman–Crippen MR) is 230 cm³/mol. The first-order valence-corrected chi connectivity index (χ1v) is 19.2. The van der Waals surface area contributed by atoms with Crippen molar-refractivity contribution >= 4 is 35.4 Å². The lowest BCUT2D eigenvalue weighted by molar-refractivity contribution is -0.140. The summed E-state index contributed by atoms with van der Waals surface area (Å²) in [5.41, 5.74) is 17.1. The molecule has 4 aromatic rings. The number of methoxy groups -OCH3 is 2. The number of hydrogen-bond acceptors (Lipinski definition) is 5. The Labute approximate surface area is 334 Å². The highest BCUT2D eigenvalue weighted by Gasteiger charge is 2.52. The summed E-state index contributed by atoms with van der Waals surface area (Å²) >= 11 is 0. The first-order valence-electron chi connectivity index (χ1n) is 19.2. The molecule has 0 unspecified atom stereocenters. The van der Waals surface area contributed by atoms with Gasteiger partial charge in [0.05, 0.1) is 25.0 Å². The van der Waals surface area contributed by atoms with Gasteiger partial charge in [0.25, 0.3) is 0 Å². The van der Waals surface area contributed by atoms with Gasteiger partial charge in [0.2, 0.25) is 5.91 Å². The molecule has 7 heteroatoms. The van der Waals surface area contributed by atoms with Gasteiger partial charge in [-0.15, -0.1) is 0 Å². The number of ether oxygens (including phenoxy) is 2. The van der Waals surface area contributed by atoms with Gasteiger partial charge in [-0.2, -0.15) is 0 Å². The van der Waals surface area contributed by atoms with Crippen LogP contribution in [0.2, 0.25) is 0 Å². The quantitative estimate of drug-likeness (QED) is 0.162. The molecule has 0 spiro atoms. The number of rotatable bonds is 7. The monoisotopic (exact) mass is 756 g/mol. The second-order valence-electron chi connectivity index (χ2n) is 17.4. The van der Waals surface area contributed by atoms with E-state index in [-0.39, 0.29) is 24.2 Å². The number of nitrogens with two attached hydrogens (primary N) is 1. The number of carboxylic acids is 1. The van der Waals surface area contributed by atoms with Gasteiger partial charge < -0.3 is 25.6 Å². The lowest BCUT2D eigenvalue weighted by Gasteiger charge is -2.19. The summed E-state index contributed by atoms with van der Waals surface area (Å²) in [5.74, 6) is 0.943. The second-order valence-corrected chi connectivity index (χ2v) is 17.4. The number of aliphatic carboxylic acids is 1. The average molecular weight is 757 g/mol. The van der Waals surface area contributed by atoms with Gasteiger partial charge in [-0.25, -0.2) is 0 Å². The Hall–Kier alpha value is -5.30. The van der Waals surface area contributed by atoms with Gasteiger partial charge in [-0.3, -0.25) is 9.59 Å². The number of nitrogen functional groups attached to an aromatic ring is 1. The Morgan fingerprint density at radius 1 is 0.643 bits per heavy atom. The molecule has 0 atom stereocenters. The molecule has 2 saturated carbocycles. The zero-order valence-electron chi connectivity index (χ0n) is 33.6. The van der Waals surface area contributed by atoms with Crippen molar-refractivity contribution in [2.75, 3.05) is 25.3 Å². The third-order valence-electron chi connectivity index (χ3n) is 11.6. The number of benzene rings is 4. The van der Waals surface area contributed by atoms with Crippen molar-refractivity contribution in [1.82, 2.24) is 0 Å². The van der Waals surface area contributed by atoms with E-state index in [1.165, 1.54) is 33.4 Å². The van der Waals surface area contributed by atoms with Crippen molar-refractivity contribution in [3.8, 4) is 11.5 Å². The topological polar surface area (TPSA) is 111 Å². The van der Waals surface area contributed by atoms with E-state index in [0.717, 1.165) is 72.5 Å². The minimum absolute atomic E-state index is 0. The van der Waals surface area contributed by atoms with Crippen molar-refractivity contribution in [1.29, 1.82) is 0 Å². The van der Waals surface area contributed by atoms with E-state index >= 15 is 0 Å². The fraction of sp³-hybridized carbons (Fsp3) is 0.388. The Morgan fingerprint density at radius 3 is 1.48 bits per heavy atom. The molecule has 2 fully saturated rings. The fourth-order valence-corrected chi connectivity index (χ4v) is 7.32. The summed E-state index contributed by atoms with van der Waals surface area (Å²) in [5, 5.41) is 12.2. The van der Waals surface area contributed by atoms with E-state index < -0.39 is 16.8 Å². The molecule has 0 bridgehead atoms. The van der Waals surface area contributed by atoms with Crippen molar-refractivity contribution in [2.45, 2.75) is 98.3 Å². The van der Waals surface area contributed by atoms with Gasteiger partial charge in [0.1, 0.15) is 11.5 Å². The summed E-state index contributed by atoms with van der Waals surface area (Å²) < 4.78 is 10.2. The van der Waals surface area contributed by atoms with Crippen LogP contribution in [0.1, 0.15) is 108 Å². The van der Waals surface area contributed by atoms with Gasteiger partial charge in [-0.1, -0.05) is 109 Å². The van der Waals surface area contributed by atoms with E-state index in [1.807, 2.05) is 48.5 Å². The fourth-order valence-electron chi connectivity index (χ4n) is 7.32. The standard InChI is InChI=1S/C24H27NO2.C13H17N.C11H12O3.CH4/c1-23(2,3)19-13-16-5-8-20(15-17(16)14-19)25-22(26)24(11-12-24)18-6-9-21(27-4)10-7-18;1-13(2,3)11-6-9-4-5-12(14)8-10(9)7-11;1-14-9-4-2-8(3-5-9)11(6-7-11)10(12)13;/h5-10,14-15H,11-13H2,1-4H3,(H,25,26);4-5,7-8H,6,14H2,1-3H3;2-5H,6-7H2,1H3,(H,12,13);1H4. The van der Waals surface area contributed by atoms with Crippen molar-refractivity contribution < 1.29 is 24.2 Å². The van der Waals surface area contributed by atoms with Crippen LogP contribution in [0.15, 0.2) is 96.1 Å². The Bertz CT molecular complexity index is 2120. The number of allylic oxidation sites excluding steroid dienone is 2. The van der Waals surface area contributed by atoms with Crippen LogP contribution in [0.3, 0.4) is 0 Å². The highest BCUT2D eigenvalue weighted by molar-refractivity contribution is 6.01. The second kappa shape index (κ2) is 16.0. The summed E-state index contributed by atoms with van der Waals surface area (Å²) in [6.45, 7) is 13.5. The summed E-state index contributed by atoms with van der Waals surface area (Å²) in [4.78, 5) is 24.0. The molecule has 0 aliphatic heterocycles. The third-order valence-corrected chi connectivity index (χ3v) is 11.6. The number of carbonyl (C=O) groups is 2. The van der Waals surface area contributed by atoms with Crippen LogP contribution < -0.4 is 20.5 Å². The molecule has 1 amide bonds. The molecule has 56 heavy (non-hydrogen) atoms. The molecule has 296 valence electrons. The molecule has 0 heterocycles. The predicted octanol–water partition coefficient (Wildman–Crippen LogP) is 11.1. The molecular formula is C49H60N2O5. The highest BCUT2D eigenvalue weighted by atomic mass is 16.5. The lowest BCUT2D eigenvalue weighted by Crippen LogP contribution is -2.27. The largest absolute Gasteiger partial charge is 0.497 e. The number of fused-ring (bicyclic) bond motifs is 2. The van der Waals surface area contributed by atoms with Gasteiger partial charge >= 0.3 is 5.97 Å². The Kier molecular flexibility index (Phi) is 12.0. The van der Waals surface area contributed by atoms with E-state index in [0.29, 0.717) is 0 Å². The maximum atomic E-state index is 13.0. The molecule has 8 rings (SSSR count). The van der Waals surface area contributed by atoms with Crippen molar-refractivity contribution in [3.63, 3.8) is 0 Å². The van der Waals surface area contributed by atoms with Crippen LogP contribution in [0.25, 0.3) is 12.2 Å². The maximum absolute atomic E-state index is 13.0. The molecular weight excluding hydrogens is 697 g/mol. The molecule has 0 saturated heterocycles. The molecule has 4 aromatic carbocycles. The normalized spacial score (nSPS) is 16.4. The minimum atomic E-state index is -0.720. The Balaban J connectivity index is 0.000000175. The Morgan fingerprint density at radius 2 is 1.07 bits per heavy atom. The van der Waals surface area contributed by atoms with Crippen LogP contribution in [0.4, 0.5) is 11.4 Å². The van der Waals surface area contributed by atoms with Gasteiger partial charge in [-0.05, 0) is 131 Å². The van der Waals surface area contributed by atoms with Crippen LogP contribution in [0, 0.1) is 10.8 Å². The van der Waals surface area contributed by atoms with E-state index in [4.69, 9.17) is 20.3 Å². The summed E-state index contributed by atoms with van der Waals surface area (Å²) in [6, 6.07) is 27.6. The zero-order valence-corrected chi connectivity index (χ0v) is 33.6. The molecule has 4 N–H and O–H groups in total. The molecule has 4 aliphatic rings. The number of anilines is 2. The van der Waals surface area contributed by atoms with Crippen LogP contribution in [-0.2, 0) is 33.3 Å². The SMILES string of the molecule is C.CC(C)(C)C1=Cc2cc(N)ccc2C1.COc1ccc(C2(C(=O)Nc3ccc4c(c3)C=C(C(C)(C)C)C4)CC2)cc1.COc1ccc(C2(C(=O)O)CC2)cc1. The number of nitrogens with one attached hydrogen (secondary N) is 1. The number of amides is 1. The van der Waals surface area contributed by atoms with Crippen LogP contribution in [-0.4, -0.2) is 31.2 Å². The van der Waals surface area contributed by atoms with Gasteiger partial charge in [0.15, 0.2) is 0 Å². The molecule has 7 nitrogen and oxygen atoms in total. The van der Waals surface area contributed by atoms with Crippen molar-refractivity contribution in [3.05, 3.63) is 129 Å². The summed E-state index contributed by atoms with van der Waals surface area (Å²) in [6.07, 6.45) is 9.92. The van der Waals surface area contributed by atoms with E-state index in [9.17, 15) is 9.59 Å². The van der Waals surface area contributed by atoms with E-state index in [1.54, 1.807) is 26.4 Å². The molecule has 0 aromatic heterocycles. The number of hydrogen-bond donors (Lipinski definition) is 3. The lowest BCUT2D eigenvalue weighted by atomic mass is 9.85. The summed E-state index contributed by atoms with van der Waals surface area (Å²) in [7, 11) is 3.25. The molecule has 4 aliphatic carbocycles. The minimum Gasteiger partial charge on any atom is -0.497 e. The average Bonchev–Trinajstić information content (AvgIpc) is 4.06. The number of carbonyl (C=O) groups excluding carboxylic acids is 1. The molecule has 0 radical (unpaired) electrons. The van der Waals surface area contributed by atoms with Gasteiger partial charge in [0, 0.05) is 11.4 Å². The van der Waals surface area contributed by atoms with Crippen LogP contribution >= 0.6 is 0 Å². The number of carboxylic acid groups (broad SMARTS) is 1. The van der Waals surface area contributed by atoms with E-state index in [2.05, 4.69) is 83.3 Å². The van der Waals surface area contributed by atoms with Crippen LogP contribution in [0.5, 0.6) is 11.5 Å². The smallest absolute Gasteiger partial charge is 0.314 e. The third kappa shape index (κ3) is 9.04.